The molecule has 0 N–H and O–H groups in total. The van der Waals surface area contributed by atoms with Crippen LogP contribution in [0, 0.1) is 0 Å². The molecule has 1 saturated heterocycles. The third kappa shape index (κ3) is 1.99. The van der Waals surface area contributed by atoms with Crippen molar-refractivity contribution in [2.24, 2.45) is 0 Å². The Balaban J connectivity index is 2.04. The van der Waals surface area contributed by atoms with Gasteiger partial charge in [-0.25, -0.2) is 9.97 Å². The highest BCUT2D eigenvalue weighted by Crippen LogP contribution is 2.20. The molecule has 98 valence electrons. The number of amides is 1. The van der Waals surface area contributed by atoms with Crippen LogP contribution < -0.4 is 5.56 Å². The van der Waals surface area contributed by atoms with Crippen molar-refractivity contribution in [1.82, 2.24) is 19.4 Å². The minimum absolute atomic E-state index is 0.0193. The van der Waals surface area contributed by atoms with Crippen LogP contribution in [0.25, 0.3) is 11.0 Å². The number of nitrogens with zero attached hydrogens (tertiary/aromatic N) is 4. The number of hydrogen-bond acceptors (Lipinski definition) is 4. The van der Waals surface area contributed by atoms with Crippen molar-refractivity contribution in [3.8, 4) is 0 Å². The second-order valence-electron chi connectivity index (χ2n) is 4.79. The summed E-state index contributed by atoms with van der Waals surface area (Å²) in [6.07, 6.45) is 4.28. The van der Waals surface area contributed by atoms with Crippen molar-refractivity contribution < 1.29 is 4.79 Å². The van der Waals surface area contributed by atoms with E-state index < -0.39 is 0 Å². The van der Waals surface area contributed by atoms with Crippen molar-refractivity contribution in [1.29, 1.82) is 0 Å². The number of rotatable bonds is 1. The van der Waals surface area contributed by atoms with Gasteiger partial charge in [-0.15, -0.1) is 0 Å². The predicted molar refractivity (Wildman–Crippen MR) is 69.7 cm³/mol. The lowest BCUT2D eigenvalue weighted by molar-refractivity contribution is -0.132. The van der Waals surface area contributed by atoms with E-state index in [1.54, 1.807) is 41.2 Å². The van der Waals surface area contributed by atoms with E-state index in [2.05, 4.69) is 9.97 Å². The normalized spacial score (nSPS) is 19.9. The van der Waals surface area contributed by atoms with Gasteiger partial charge in [0.2, 0.25) is 5.91 Å². The number of carbonyl (C=O) groups is 1. The SMILES string of the molecule is CN1C[C@H](n2cnc3cccnc3c2=O)CCC1=O. The molecule has 1 aliphatic rings. The van der Waals surface area contributed by atoms with Crippen LogP contribution in [0.5, 0.6) is 0 Å². The first kappa shape index (κ1) is 11.8. The van der Waals surface area contributed by atoms with Gasteiger partial charge >= 0.3 is 0 Å². The Hall–Kier alpha value is -2.24. The fourth-order valence-electron chi connectivity index (χ4n) is 2.44. The Bertz CT molecular complexity index is 694. The molecule has 1 atom stereocenters. The maximum atomic E-state index is 12.4. The average Bonchev–Trinajstić information content (AvgIpc) is 2.43. The highest BCUT2D eigenvalue weighted by molar-refractivity contribution is 5.76. The number of aromatic nitrogens is 3. The van der Waals surface area contributed by atoms with Gasteiger partial charge < -0.3 is 4.90 Å². The molecule has 6 heteroatoms. The minimum atomic E-state index is -0.140. The lowest BCUT2D eigenvalue weighted by atomic mass is 10.1. The maximum absolute atomic E-state index is 12.4. The molecular formula is C13H14N4O2. The molecule has 0 saturated carbocycles. The average molecular weight is 258 g/mol. The molecule has 2 aromatic rings. The van der Waals surface area contributed by atoms with Crippen LogP contribution >= 0.6 is 0 Å². The largest absolute Gasteiger partial charge is 0.344 e. The van der Waals surface area contributed by atoms with Gasteiger partial charge in [0.1, 0.15) is 0 Å². The Labute approximate surface area is 109 Å². The van der Waals surface area contributed by atoms with E-state index in [1.165, 1.54) is 0 Å². The molecule has 1 fully saturated rings. The van der Waals surface area contributed by atoms with E-state index in [1.807, 2.05) is 0 Å². The minimum Gasteiger partial charge on any atom is -0.344 e. The van der Waals surface area contributed by atoms with E-state index >= 15 is 0 Å². The number of likely N-dealkylation sites (tertiary alicyclic amines) is 1. The van der Waals surface area contributed by atoms with Crippen LogP contribution in [-0.2, 0) is 4.79 Å². The number of pyridine rings is 1. The van der Waals surface area contributed by atoms with Gasteiger partial charge in [-0.3, -0.25) is 14.2 Å². The number of piperidine rings is 1. The summed E-state index contributed by atoms with van der Waals surface area (Å²) in [5.41, 5.74) is 0.840. The van der Waals surface area contributed by atoms with Crippen molar-refractivity contribution in [2.45, 2.75) is 18.9 Å². The van der Waals surface area contributed by atoms with Gasteiger partial charge in [0.25, 0.3) is 5.56 Å². The Kier molecular flexibility index (Phi) is 2.77. The van der Waals surface area contributed by atoms with E-state index in [9.17, 15) is 9.59 Å². The van der Waals surface area contributed by atoms with Crippen LogP contribution in [0.1, 0.15) is 18.9 Å². The third-order valence-electron chi connectivity index (χ3n) is 3.54. The van der Waals surface area contributed by atoms with Gasteiger partial charge in [0, 0.05) is 26.2 Å². The quantitative estimate of drug-likeness (QED) is 0.750. The molecule has 19 heavy (non-hydrogen) atoms. The van der Waals surface area contributed by atoms with Crippen LogP contribution in [0.15, 0.2) is 29.5 Å². The molecule has 0 aliphatic carbocycles. The van der Waals surface area contributed by atoms with Crippen molar-refractivity contribution in [3.63, 3.8) is 0 Å². The summed E-state index contributed by atoms with van der Waals surface area (Å²) in [5, 5.41) is 0. The first-order valence-electron chi connectivity index (χ1n) is 6.22. The first-order valence-corrected chi connectivity index (χ1v) is 6.22. The highest BCUT2D eigenvalue weighted by Gasteiger charge is 2.25. The van der Waals surface area contributed by atoms with E-state index in [-0.39, 0.29) is 17.5 Å². The molecule has 3 rings (SSSR count). The fraction of sp³-hybridized carbons (Fsp3) is 0.385. The topological polar surface area (TPSA) is 68.1 Å². The molecule has 0 aromatic carbocycles. The summed E-state index contributed by atoms with van der Waals surface area (Å²) < 4.78 is 1.60. The van der Waals surface area contributed by atoms with Crippen molar-refractivity contribution in [3.05, 3.63) is 35.0 Å². The molecule has 0 spiro atoms. The van der Waals surface area contributed by atoms with Gasteiger partial charge in [-0.1, -0.05) is 0 Å². The smallest absolute Gasteiger partial charge is 0.280 e. The van der Waals surface area contributed by atoms with E-state index in [0.29, 0.717) is 30.4 Å². The maximum Gasteiger partial charge on any atom is 0.280 e. The van der Waals surface area contributed by atoms with Crippen molar-refractivity contribution >= 4 is 16.9 Å². The number of likely N-dealkylation sites (N-methyl/N-ethyl adjacent to an activating group) is 1. The molecule has 6 nitrogen and oxygen atoms in total. The second kappa shape index (κ2) is 4.46. The Morgan fingerprint density at radius 2 is 2.16 bits per heavy atom. The standard InChI is InChI=1S/C13H14N4O2/c1-16-7-9(4-5-11(16)18)17-8-15-10-3-2-6-14-12(10)13(17)19/h2-3,6,8-9H,4-5,7H2,1H3/t9-/m1/s1. The molecule has 0 unspecified atom stereocenters. The Morgan fingerprint density at radius 3 is 2.95 bits per heavy atom. The summed E-state index contributed by atoms with van der Waals surface area (Å²) in [4.78, 5) is 33.9. The summed E-state index contributed by atoms with van der Waals surface area (Å²) in [7, 11) is 1.76. The number of carbonyl (C=O) groups excluding carboxylic acids is 1. The van der Waals surface area contributed by atoms with Gasteiger partial charge in [0.15, 0.2) is 5.52 Å². The second-order valence-corrected chi connectivity index (χ2v) is 4.79. The Morgan fingerprint density at radius 1 is 1.32 bits per heavy atom. The molecule has 0 bridgehead atoms. The predicted octanol–water partition coefficient (Wildman–Crippen LogP) is 0.585. The molecule has 1 amide bonds. The van der Waals surface area contributed by atoms with Gasteiger partial charge in [-0.05, 0) is 18.6 Å². The van der Waals surface area contributed by atoms with Crippen LogP contribution in [0.4, 0.5) is 0 Å². The van der Waals surface area contributed by atoms with Gasteiger partial charge in [0.05, 0.1) is 17.9 Å². The first-order chi connectivity index (χ1) is 9.16. The monoisotopic (exact) mass is 258 g/mol. The van der Waals surface area contributed by atoms with Crippen LogP contribution in [-0.4, -0.2) is 38.9 Å². The third-order valence-corrected chi connectivity index (χ3v) is 3.54. The lowest BCUT2D eigenvalue weighted by Crippen LogP contribution is -2.40. The fourth-order valence-corrected chi connectivity index (χ4v) is 2.44. The lowest BCUT2D eigenvalue weighted by Gasteiger charge is -2.30. The molecule has 3 heterocycles. The molecule has 0 radical (unpaired) electrons. The molecular weight excluding hydrogens is 244 g/mol. The summed E-state index contributed by atoms with van der Waals surface area (Å²) >= 11 is 0. The number of fused-ring (bicyclic) bond motifs is 1. The van der Waals surface area contributed by atoms with Crippen LogP contribution in [0.3, 0.4) is 0 Å². The van der Waals surface area contributed by atoms with Crippen LogP contribution in [0.2, 0.25) is 0 Å². The molecule has 1 aliphatic heterocycles. The number of hydrogen-bond donors (Lipinski definition) is 0. The van der Waals surface area contributed by atoms with Gasteiger partial charge in [-0.2, -0.15) is 0 Å². The van der Waals surface area contributed by atoms with E-state index in [0.717, 1.165) is 0 Å². The summed E-state index contributed by atoms with van der Waals surface area (Å²) in [6.45, 7) is 0.540. The zero-order valence-corrected chi connectivity index (χ0v) is 10.6. The zero-order chi connectivity index (χ0) is 13.4. The zero-order valence-electron chi connectivity index (χ0n) is 10.6. The highest BCUT2D eigenvalue weighted by atomic mass is 16.2. The molecule has 2 aromatic heterocycles. The van der Waals surface area contributed by atoms with E-state index in [4.69, 9.17) is 0 Å². The summed E-state index contributed by atoms with van der Waals surface area (Å²) in [5.74, 6) is 0.121. The van der Waals surface area contributed by atoms with Crippen molar-refractivity contribution in [2.75, 3.05) is 13.6 Å². The summed E-state index contributed by atoms with van der Waals surface area (Å²) in [6, 6.07) is 3.51.